The highest BCUT2D eigenvalue weighted by Crippen LogP contribution is 2.34. The van der Waals surface area contributed by atoms with E-state index in [0.717, 1.165) is 57.8 Å². The first-order valence-electron chi connectivity index (χ1n) is 11.4. The number of primary amides is 1. The van der Waals surface area contributed by atoms with Crippen LogP contribution in [-0.2, 0) is 22.6 Å². The summed E-state index contributed by atoms with van der Waals surface area (Å²) in [5.74, 6) is 0.673. The van der Waals surface area contributed by atoms with Crippen LogP contribution in [0.3, 0.4) is 0 Å². The first-order valence-corrected chi connectivity index (χ1v) is 11.4. The molecule has 3 aliphatic heterocycles. The second-order valence-corrected chi connectivity index (χ2v) is 8.85. The van der Waals surface area contributed by atoms with Crippen molar-refractivity contribution in [2.45, 2.75) is 70.4 Å². The number of carbonyl (C=O) groups excluding carboxylic acids is 1. The smallest absolute Gasteiger partial charge is 0.221 e. The molecule has 30 heavy (non-hydrogen) atoms. The zero-order valence-electron chi connectivity index (χ0n) is 18.0. The van der Waals surface area contributed by atoms with Crippen molar-refractivity contribution in [2.75, 3.05) is 19.6 Å². The molecule has 4 unspecified atom stereocenters. The molecule has 0 saturated carbocycles. The Kier molecular flexibility index (Phi) is 6.89. The Bertz CT molecular complexity index is 768. The van der Waals surface area contributed by atoms with Crippen molar-refractivity contribution < 1.29 is 9.53 Å². The second kappa shape index (κ2) is 9.79. The minimum absolute atomic E-state index is 0.0184. The zero-order valence-corrected chi connectivity index (χ0v) is 18.0. The maximum Gasteiger partial charge on any atom is 0.221 e. The number of carbonyl (C=O) groups is 1. The fraction of sp³-hybridized carbons (Fsp3) is 0.652. The van der Waals surface area contributed by atoms with Crippen LogP contribution in [-0.4, -0.2) is 54.7 Å². The molecule has 3 fully saturated rings. The van der Waals surface area contributed by atoms with Gasteiger partial charge in [0.05, 0.1) is 30.7 Å². The normalized spacial score (nSPS) is 29.2. The first-order chi connectivity index (χ1) is 14.6. The highest BCUT2D eigenvalue weighted by molar-refractivity contribution is 5.80. The predicted molar refractivity (Wildman–Crippen MR) is 118 cm³/mol. The number of nitrogens with one attached hydrogen (secondary N) is 2. The molecular formula is C23H35N5O2. The van der Waals surface area contributed by atoms with Crippen LogP contribution in [0, 0.1) is 5.92 Å². The molecule has 3 saturated heterocycles. The van der Waals surface area contributed by atoms with Crippen molar-refractivity contribution in [1.82, 2.24) is 15.5 Å². The van der Waals surface area contributed by atoms with Gasteiger partial charge in [-0.05, 0) is 56.7 Å². The third-order valence-corrected chi connectivity index (χ3v) is 6.50. The van der Waals surface area contributed by atoms with Gasteiger partial charge in [0.15, 0.2) is 5.96 Å². The minimum Gasteiger partial charge on any atom is -0.373 e. The topological polar surface area (TPSA) is 92.0 Å². The Morgan fingerprint density at radius 2 is 2.17 bits per heavy atom. The zero-order chi connectivity index (χ0) is 20.9. The van der Waals surface area contributed by atoms with E-state index in [1.54, 1.807) is 0 Å². The molecule has 1 aromatic rings. The van der Waals surface area contributed by atoms with Crippen molar-refractivity contribution >= 4 is 11.9 Å². The van der Waals surface area contributed by atoms with Crippen LogP contribution in [0.2, 0.25) is 0 Å². The van der Waals surface area contributed by atoms with Gasteiger partial charge >= 0.3 is 0 Å². The number of aliphatic imine (C=N–C) groups is 1. The highest BCUT2D eigenvalue weighted by Gasteiger charge is 2.41. The van der Waals surface area contributed by atoms with E-state index < -0.39 is 0 Å². The quantitative estimate of drug-likeness (QED) is 0.468. The van der Waals surface area contributed by atoms with E-state index in [4.69, 9.17) is 15.5 Å². The number of guanidine groups is 1. The molecule has 0 aliphatic carbocycles. The number of likely N-dealkylation sites (tertiary alicyclic amines) is 1. The number of fused-ring (bicyclic) bond motifs is 2. The fourth-order valence-corrected chi connectivity index (χ4v) is 4.97. The molecule has 3 heterocycles. The van der Waals surface area contributed by atoms with Gasteiger partial charge in [0, 0.05) is 19.6 Å². The summed E-state index contributed by atoms with van der Waals surface area (Å²) in [4.78, 5) is 18.7. The number of hydrogen-bond donors (Lipinski definition) is 3. The molecule has 3 aliphatic rings. The minimum atomic E-state index is -0.174. The highest BCUT2D eigenvalue weighted by atomic mass is 16.5. The number of hydrogen-bond acceptors (Lipinski definition) is 4. The number of benzene rings is 1. The Hall–Kier alpha value is -2.12. The van der Waals surface area contributed by atoms with Gasteiger partial charge in [0.1, 0.15) is 0 Å². The van der Waals surface area contributed by atoms with Crippen LogP contribution < -0.4 is 16.4 Å². The number of nitrogens with two attached hydrogens (primary N) is 1. The summed E-state index contributed by atoms with van der Waals surface area (Å²) in [6.45, 7) is 6.19. The number of ether oxygens (including phenoxy) is 1. The third kappa shape index (κ3) is 5.32. The van der Waals surface area contributed by atoms with Gasteiger partial charge in [0.2, 0.25) is 5.91 Å². The summed E-state index contributed by atoms with van der Waals surface area (Å²) in [5.41, 5.74) is 7.97. The lowest BCUT2D eigenvalue weighted by Gasteiger charge is -2.31. The van der Waals surface area contributed by atoms with Crippen molar-refractivity contribution in [3.63, 3.8) is 0 Å². The maximum absolute atomic E-state index is 11.5. The third-order valence-electron chi connectivity index (χ3n) is 6.50. The average molecular weight is 414 g/mol. The van der Waals surface area contributed by atoms with E-state index in [1.165, 1.54) is 17.5 Å². The van der Waals surface area contributed by atoms with Gasteiger partial charge < -0.3 is 21.1 Å². The first kappa shape index (κ1) is 21.1. The Morgan fingerprint density at radius 1 is 1.30 bits per heavy atom. The standard InChI is InChI=1S/C23H35N5O2/c1-2-25-23(27-20-12-19-8-9-21(20)30-19)26-13-16-5-3-6-17(11-16)14-28-10-4-7-18(15-28)22(24)29/h3,5-6,11,18-21H,2,4,7-10,12-15H2,1H3,(H2,24,29)(H2,25,26,27). The Balaban J connectivity index is 1.34. The summed E-state index contributed by atoms with van der Waals surface area (Å²) < 4.78 is 5.96. The number of piperidine rings is 1. The van der Waals surface area contributed by atoms with E-state index in [-0.39, 0.29) is 11.8 Å². The molecule has 7 heteroatoms. The summed E-state index contributed by atoms with van der Waals surface area (Å²) >= 11 is 0. The lowest BCUT2D eigenvalue weighted by molar-refractivity contribution is -0.123. The molecule has 164 valence electrons. The van der Waals surface area contributed by atoms with Crippen LogP contribution in [0.4, 0.5) is 0 Å². The number of nitrogens with zero attached hydrogens (tertiary/aromatic N) is 2. The molecular weight excluding hydrogens is 378 g/mol. The van der Waals surface area contributed by atoms with Crippen LogP contribution in [0.5, 0.6) is 0 Å². The SMILES string of the molecule is CCNC(=NCc1cccc(CN2CCCC(C(N)=O)C2)c1)NC1CC2CCC1O2. The molecule has 2 bridgehead atoms. The van der Waals surface area contributed by atoms with Gasteiger partial charge in [-0.15, -0.1) is 0 Å². The molecule has 4 N–H and O–H groups in total. The number of amides is 1. The van der Waals surface area contributed by atoms with Crippen molar-refractivity contribution in [1.29, 1.82) is 0 Å². The van der Waals surface area contributed by atoms with Crippen molar-refractivity contribution in [3.05, 3.63) is 35.4 Å². The van der Waals surface area contributed by atoms with Crippen LogP contribution >= 0.6 is 0 Å². The molecule has 1 amide bonds. The molecule has 7 nitrogen and oxygen atoms in total. The van der Waals surface area contributed by atoms with E-state index in [0.29, 0.717) is 24.8 Å². The Morgan fingerprint density at radius 3 is 2.90 bits per heavy atom. The summed E-state index contributed by atoms with van der Waals surface area (Å²) in [6.07, 6.45) is 6.12. The monoisotopic (exact) mass is 413 g/mol. The molecule has 1 aromatic carbocycles. The van der Waals surface area contributed by atoms with Crippen molar-refractivity contribution in [3.8, 4) is 0 Å². The lowest BCUT2D eigenvalue weighted by atomic mass is 9.96. The summed E-state index contributed by atoms with van der Waals surface area (Å²) in [5, 5.41) is 6.94. The number of rotatable bonds is 7. The van der Waals surface area contributed by atoms with Crippen LogP contribution in [0.1, 0.15) is 50.2 Å². The molecule has 0 spiro atoms. The Labute approximate surface area is 179 Å². The van der Waals surface area contributed by atoms with Gasteiger partial charge in [-0.2, -0.15) is 0 Å². The van der Waals surface area contributed by atoms with E-state index in [2.05, 4.69) is 46.7 Å². The summed E-state index contributed by atoms with van der Waals surface area (Å²) in [7, 11) is 0. The van der Waals surface area contributed by atoms with Gasteiger partial charge in [-0.3, -0.25) is 9.69 Å². The maximum atomic E-state index is 11.5. The van der Waals surface area contributed by atoms with Crippen LogP contribution in [0.25, 0.3) is 0 Å². The molecule has 0 aromatic heterocycles. The molecule has 4 atom stereocenters. The van der Waals surface area contributed by atoms with E-state index in [9.17, 15) is 4.79 Å². The molecule has 0 radical (unpaired) electrons. The van der Waals surface area contributed by atoms with E-state index in [1.807, 2.05) is 0 Å². The van der Waals surface area contributed by atoms with Gasteiger partial charge in [0.25, 0.3) is 0 Å². The second-order valence-electron chi connectivity index (χ2n) is 8.85. The fourth-order valence-electron chi connectivity index (χ4n) is 4.97. The van der Waals surface area contributed by atoms with Crippen LogP contribution in [0.15, 0.2) is 29.3 Å². The summed E-state index contributed by atoms with van der Waals surface area (Å²) in [6, 6.07) is 8.96. The van der Waals surface area contributed by atoms with Gasteiger partial charge in [-0.25, -0.2) is 4.99 Å². The average Bonchev–Trinajstić information content (AvgIpc) is 3.36. The van der Waals surface area contributed by atoms with Gasteiger partial charge in [-0.1, -0.05) is 24.3 Å². The predicted octanol–water partition coefficient (Wildman–Crippen LogP) is 1.76. The van der Waals surface area contributed by atoms with E-state index >= 15 is 0 Å². The lowest BCUT2D eigenvalue weighted by Crippen LogP contribution is -2.47. The van der Waals surface area contributed by atoms with Crippen molar-refractivity contribution in [2.24, 2.45) is 16.6 Å². The molecule has 4 rings (SSSR count). The largest absolute Gasteiger partial charge is 0.373 e.